The first-order valence-corrected chi connectivity index (χ1v) is 11.2. The fourth-order valence-corrected chi connectivity index (χ4v) is 3.61. The largest absolute Gasteiger partial charge is 0.495 e. The van der Waals surface area contributed by atoms with Gasteiger partial charge in [0.05, 0.1) is 12.8 Å². The van der Waals surface area contributed by atoms with Crippen molar-refractivity contribution in [2.75, 3.05) is 25.5 Å². The van der Waals surface area contributed by atoms with E-state index in [1.165, 1.54) is 12.0 Å². The summed E-state index contributed by atoms with van der Waals surface area (Å²) >= 11 is 0. The van der Waals surface area contributed by atoms with Gasteiger partial charge in [-0.25, -0.2) is 0 Å². The van der Waals surface area contributed by atoms with Gasteiger partial charge in [-0.15, -0.1) is 10.2 Å². The molecule has 0 radical (unpaired) electrons. The smallest absolute Gasteiger partial charge is 0.254 e. The molecule has 0 atom stereocenters. The van der Waals surface area contributed by atoms with Crippen LogP contribution < -0.4 is 10.1 Å². The number of benzene rings is 3. The van der Waals surface area contributed by atoms with E-state index < -0.39 is 0 Å². The zero-order valence-electron chi connectivity index (χ0n) is 19.8. The number of amides is 2. The molecule has 35 heavy (non-hydrogen) atoms. The molecule has 1 aromatic heterocycles. The number of nitrogens with zero attached hydrogens (tertiary/aromatic N) is 3. The topological polar surface area (TPSA) is 97.6 Å². The van der Waals surface area contributed by atoms with E-state index in [1.54, 1.807) is 42.5 Å². The van der Waals surface area contributed by atoms with Crippen LogP contribution in [-0.2, 0) is 4.79 Å². The monoisotopic (exact) mass is 470 g/mol. The van der Waals surface area contributed by atoms with Crippen LogP contribution >= 0.6 is 0 Å². The molecule has 4 aromatic rings. The zero-order chi connectivity index (χ0) is 24.8. The SMILES string of the molecule is CCN(CC(=O)Nc1ccccc1OC)C(=O)c1ccc(-c2nnc(-c3cccc(C)c3)o2)cc1. The second-order valence-corrected chi connectivity index (χ2v) is 7.93. The summed E-state index contributed by atoms with van der Waals surface area (Å²) in [4.78, 5) is 27.1. The van der Waals surface area contributed by atoms with E-state index in [-0.39, 0.29) is 18.4 Å². The molecule has 0 saturated heterocycles. The summed E-state index contributed by atoms with van der Waals surface area (Å²) in [5, 5.41) is 11.1. The maximum Gasteiger partial charge on any atom is 0.254 e. The highest BCUT2D eigenvalue weighted by atomic mass is 16.5. The van der Waals surface area contributed by atoms with Crippen molar-refractivity contribution in [3.63, 3.8) is 0 Å². The van der Waals surface area contributed by atoms with E-state index in [0.717, 1.165) is 11.1 Å². The second-order valence-electron chi connectivity index (χ2n) is 7.93. The van der Waals surface area contributed by atoms with E-state index in [0.29, 0.717) is 40.9 Å². The Hall–Kier alpha value is -4.46. The van der Waals surface area contributed by atoms with E-state index in [1.807, 2.05) is 44.2 Å². The number of hydrogen-bond donors (Lipinski definition) is 1. The third kappa shape index (κ3) is 5.55. The Labute approximate surface area is 203 Å². The van der Waals surface area contributed by atoms with Gasteiger partial charge in [-0.3, -0.25) is 9.59 Å². The van der Waals surface area contributed by atoms with Crippen LogP contribution in [0.3, 0.4) is 0 Å². The zero-order valence-corrected chi connectivity index (χ0v) is 19.8. The van der Waals surface area contributed by atoms with Crippen molar-refractivity contribution < 1.29 is 18.7 Å². The van der Waals surface area contributed by atoms with Crippen molar-refractivity contribution in [3.05, 3.63) is 83.9 Å². The molecule has 0 fully saturated rings. The van der Waals surface area contributed by atoms with E-state index in [9.17, 15) is 9.59 Å². The molecule has 8 heteroatoms. The maximum absolute atomic E-state index is 13.0. The fourth-order valence-electron chi connectivity index (χ4n) is 3.61. The molecule has 1 heterocycles. The quantitative estimate of drug-likeness (QED) is 0.396. The Morgan fingerprint density at radius 2 is 1.66 bits per heavy atom. The number of carbonyl (C=O) groups excluding carboxylic acids is 2. The van der Waals surface area contributed by atoms with Gasteiger partial charge >= 0.3 is 0 Å². The van der Waals surface area contributed by atoms with Gasteiger partial charge in [0.1, 0.15) is 12.3 Å². The Morgan fingerprint density at radius 1 is 0.943 bits per heavy atom. The fraction of sp³-hybridized carbons (Fsp3) is 0.185. The van der Waals surface area contributed by atoms with Gasteiger partial charge in [-0.2, -0.15) is 0 Å². The molecular formula is C27H26N4O4. The molecule has 178 valence electrons. The second kappa shape index (κ2) is 10.6. The molecule has 4 rings (SSSR count). The molecule has 0 aliphatic heterocycles. The summed E-state index contributed by atoms with van der Waals surface area (Å²) in [6.45, 7) is 4.12. The van der Waals surface area contributed by atoms with E-state index >= 15 is 0 Å². The third-order valence-corrected chi connectivity index (χ3v) is 5.45. The number of aromatic nitrogens is 2. The number of likely N-dealkylation sites (N-methyl/N-ethyl adjacent to an activating group) is 1. The average Bonchev–Trinajstić information content (AvgIpc) is 3.38. The summed E-state index contributed by atoms with van der Waals surface area (Å²) in [5.74, 6) is 0.791. The van der Waals surface area contributed by atoms with Gasteiger partial charge in [0.2, 0.25) is 17.7 Å². The summed E-state index contributed by atoms with van der Waals surface area (Å²) < 4.78 is 11.1. The van der Waals surface area contributed by atoms with E-state index in [4.69, 9.17) is 9.15 Å². The number of anilines is 1. The van der Waals surface area contributed by atoms with Gasteiger partial charge in [0, 0.05) is 23.2 Å². The molecule has 0 unspecified atom stereocenters. The van der Waals surface area contributed by atoms with Crippen LogP contribution in [0.2, 0.25) is 0 Å². The Balaban J connectivity index is 1.43. The standard InChI is InChI=1S/C27H26N4O4/c1-4-31(17-24(32)28-22-10-5-6-11-23(22)34-3)27(33)20-14-12-19(13-15-20)25-29-30-26(35-25)21-9-7-8-18(2)16-21/h5-16H,4,17H2,1-3H3,(H,28,32). The molecule has 0 spiro atoms. The maximum atomic E-state index is 13.0. The number of hydrogen-bond acceptors (Lipinski definition) is 6. The van der Waals surface area contributed by atoms with Gasteiger partial charge in [0.15, 0.2) is 0 Å². The predicted octanol–water partition coefficient (Wildman–Crippen LogP) is 4.82. The van der Waals surface area contributed by atoms with Crippen LogP contribution in [0.25, 0.3) is 22.9 Å². The third-order valence-electron chi connectivity index (χ3n) is 5.45. The Kier molecular flexibility index (Phi) is 7.21. The number of rotatable bonds is 8. The Bertz CT molecular complexity index is 1330. The van der Waals surface area contributed by atoms with Gasteiger partial charge in [0.25, 0.3) is 5.91 Å². The number of para-hydroxylation sites is 2. The van der Waals surface area contributed by atoms with Crippen LogP contribution in [0.4, 0.5) is 5.69 Å². The van der Waals surface area contributed by atoms with Crippen molar-refractivity contribution in [1.82, 2.24) is 15.1 Å². The summed E-state index contributed by atoms with van der Waals surface area (Å²) in [6, 6.07) is 21.8. The van der Waals surface area contributed by atoms with Crippen molar-refractivity contribution in [3.8, 4) is 28.7 Å². The number of methoxy groups -OCH3 is 1. The minimum atomic E-state index is -0.309. The van der Waals surface area contributed by atoms with Crippen LogP contribution in [0.15, 0.2) is 77.2 Å². The normalized spacial score (nSPS) is 10.6. The number of nitrogens with one attached hydrogen (secondary N) is 1. The molecule has 0 saturated carbocycles. The molecule has 0 aliphatic carbocycles. The minimum absolute atomic E-state index is 0.0847. The summed E-state index contributed by atoms with van der Waals surface area (Å²) in [7, 11) is 1.54. The lowest BCUT2D eigenvalue weighted by molar-refractivity contribution is -0.116. The Morgan fingerprint density at radius 3 is 2.34 bits per heavy atom. The molecule has 0 aliphatic rings. The lowest BCUT2D eigenvalue weighted by Gasteiger charge is -2.21. The van der Waals surface area contributed by atoms with Crippen LogP contribution in [0.5, 0.6) is 5.75 Å². The number of carbonyl (C=O) groups is 2. The van der Waals surface area contributed by atoms with Gasteiger partial charge in [-0.1, -0.05) is 29.8 Å². The first kappa shape index (κ1) is 23.7. The van der Waals surface area contributed by atoms with Crippen LogP contribution in [-0.4, -0.2) is 47.1 Å². The van der Waals surface area contributed by atoms with Crippen LogP contribution in [0, 0.1) is 6.92 Å². The van der Waals surface area contributed by atoms with Crippen molar-refractivity contribution >= 4 is 17.5 Å². The van der Waals surface area contributed by atoms with Crippen molar-refractivity contribution in [2.45, 2.75) is 13.8 Å². The summed E-state index contributed by atoms with van der Waals surface area (Å²) in [6.07, 6.45) is 0. The molecule has 8 nitrogen and oxygen atoms in total. The molecule has 0 bridgehead atoms. The molecular weight excluding hydrogens is 444 g/mol. The minimum Gasteiger partial charge on any atom is -0.495 e. The van der Waals surface area contributed by atoms with E-state index in [2.05, 4.69) is 15.5 Å². The lowest BCUT2D eigenvalue weighted by atomic mass is 10.1. The first-order chi connectivity index (χ1) is 17.0. The van der Waals surface area contributed by atoms with Crippen molar-refractivity contribution in [2.24, 2.45) is 0 Å². The predicted molar refractivity (Wildman–Crippen MR) is 133 cm³/mol. The molecule has 2 amide bonds. The highest BCUT2D eigenvalue weighted by Crippen LogP contribution is 2.25. The number of aryl methyl sites for hydroxylation is 1. The highest BCUT2D eigenvalue weighted by Gasteiger charge is 2.19. The number of ether oxygens (including phenoxy) is 1. The van der Waals surface area contributed by atoms with Crippen LogP contribution in [0.1, 0.15) is 22.8 Å². The van der Waals surface area contributed by atoms with Gasteiger partial charge in [-0.05, 0) is 62.4 Å². The van der Waals surface area contributed by atoms with Gasteiger partial charge < -0.3 is 19.4 Å². The summed E-state index contributed by atoms with van der Waals surface area (Å²) in [5.41, 5.74) is 3.66. The lowest BCUT2D eigenvalue weighted by Crippen LogP contribution is -2.37. The van der Waals surface area contributed by atoms with Crippen molar-refractivity contribution in [1.29, 1.82) is 0 Å². The molecule has 1 N–H and O–H groups in total. The molecule has 3 aromatic carbocycles. The first-order valence-electron chi connectivity index (χ1n) is 11.2. The highest BCUT2D eigenvalue weighted by molar-refractivity contribution is 6.00. The average molecular weight is 471 g/mol.